The molecule has 0 saturated heterocycles. The van der Waals surface area contributed by atoms with Gasteiger partial charge < -0.3 is 5.11 Å². The lowest BCUT2D eigenvalue weighted by molar-refractivity contribution is 0.160. The smallest absolute Gasteiger partial charge is 0.168 e. The molecular weight excluding hydrogens is 316 g/mol. The summed E-state index contributed by atoms with van der Waals surface area (Å²) in [4.78, 5) is 0. The lowest BCUT2D eigenvalue weighted by Gasteiger charge is -2.31. The molecule has 1 aromatic rings. The molecule has 102 valence electrons. The van der Waals surface area contributed by atoms with Gasteiger partial charge in [0.05, 0.1) is 0 Å². The normalized spacial score (nSPS) is 17.2. The minimum absolute atomic E-state index is 0.00499. The lowest BCUT2D eigenvalue weighted by atomic mass is 10.0. The second-order valence-corrected chi connectivity index (χ2v) is 8.84. The Balaban J connectivity index is 3.26. The number of rotatable bonds is 5. The SMILES string of the molecule is CC[C@@](Br)([C@H](O)c1cccc(C)c1)S(=O)(=O)CC. The van der Waals surface area contributed by atoms with Crippen LogP contribution in [0.15, 0.2) is 24.3 Å². The number of aliphatic hydroxyl groups excluding tert-OH is 1. The second kappa shape index (κ2) is 5.72. The maximum atomic E-state index is 12.1. The van der Waals surface area contributed by atoms with Crippen molar-refractivity contribution in [3.63, 3.8) is 0 Å². The average molecular weight is 335 g/mol. The summed E-state index contributed by atoms with van der Waals surface area (Å²) in [6.07, 6.45) is -0.773. The highest BCUT2D eigenvalue weighted by Gasteiger charge is 2.45. The van der Waals surface area contributed by atoms with Crippen LogP contribution in [0.25, 0.3) is 0 Å². The zero-order valence-corrected chi connectivity index (χ0v) is 13.3. The fraction of sp³-hybridized carbons (Fsp3) is 0.538. The molecule has 0 bridgehead atoms. The summed E-state index contributed by atoms with van der Waals surface area (Å²) < 4.78 is 23.0. The molecule has 1 N–H and O–H groups in total. The van der Waals surface area contributed by atoms with Crippen molar-refractivity contribution in [2.75, 3.05) is 5.75 Å². The molecule has 0 unspecified atom stereocenters. The molecule has 18 heavy (non-hydrogen) atoms. The Labute approximate surface area is 117 Å². The molecule has 1 aromatic carbocycles. The van der Waals surface area contributed by atoms with Gasteiger partial charge in [0.2, 0.25) is 0 Å². The fourth-order valence-electron chi connectivity index (χ4n) is 1.91. The third-order valence-electron chi connectivity index (χ3n) is 3.15. The van der Waals surface area contributed by atoms with Crippen molar-refractivity contribution in [1.29, 1.82) is 0 Å². The number of halogens is 1. The zero-order chi connectivity index (χ0) is 14.0. The van der Waals surface area contributed by atoms with Gasteiger partial charge >= 0.3 is 0 Å². The molecule has 0 heterocycles. The van der Waals surface area contributed by atoms with E-state index >= 15 is 0 Å². The molecule has 0 fully saturated rings. The van der Waals surface area contributed by atoms with E-state index in [1.54, 1.807) is 19.9 Å². The first kappa shape index (κ1) is 15.7. The molecule has 5 heteroatoms. The van der Waals surface area contributed by atoms with Crippen molar-refractivity contribution in [3.8, 4) is 0 Å². The summed E-state index contributed by atoms with van der Waals surface area (Å²) in [5.41, 5.74) is 1.61. The summed E-state index contributed by atoms with van der Waals surface area (Å²) in [6.45, 7) is 5.25. The average Bonchev–Trinajstić information content (AvgIpc) is 2.36. The number of hydrogen-bond acceptors (Lipinski definition) is 3. The number of alkyl halides is 1. The predicted molar refractivity (Wildman–Crippen MR) is 77.5 cm³/mol. The Morgan fingerprint density at radius 3 is 2.44 bits per heavy atom. The van der Waals surface area contributed by atoms with Crippen LogP contribution in [-0.4, -0.2) is 22.9 Å². The van der Waals surface area contributed by atoms with Crippen molar-refractivity contribution < 1.29 is 13.5 Å². The van der Waals surface area contributed by atoms with Gasteiger partial charge in [-0.05, 0) is 18.9 Å². The van der Waals surface area contributed by atoms with E-state index in [2.05, 4.69) is 15.9 Å². The van der Waals surface area contributed by atoms with Crippen LogP contribution in [-0.2, 0) is 9.84 Å². The summed E-state index contributed by atoms with van der Waals surface area (Å²) in [5, 5.41) is 10.4. The summed E-state index contributed by atoms with van der Waals surface area (Å²) in [6, 6.07) is 7.28. The maximum Gasteiger partial charge on any atom is 0.168 e. The summed E-state index contributed by atoms with van der Waals surface area (Å²) >= 11 is 3.25. The van der Waals surface area contributed by atoms with Crippen LogP contribution in [0.5, 0.6) is 0 Å². The van der Waals surface area contributed by atoms with Gasteiger partial charge in [0, 0.05) is 5.75 Å². The standard InChI is InChI=1S/C13H19BrO3S/c1-4-13(14,18(16,17)5-2)12(15)11-8-6-7-10(3)9-11/h6-9,12,15H,4-5H2,1-3H3/t12-,13+/m1/s1. The third kappa shape index (κ3) is 2.78. The summed E-state index contributed by atoms with van der Waals surface area (Å²) in [5.74, 6) is -0.00499. The number of hydrogen-bond donors (Lipinski definition) is 1. The largest absolute Gasteiger partial charge is 0.386 e. The van der Waals surface area contributed by atoms with Crippen LogP contribution in [0, 0.1) is 6.92 Å². The fourth-order valence-corrected chi connectivity index (χ4v) is 4.26. The topological polar surface area (TPSA) is 54.4 Å². The Morgan fingerprint density at radius 1 is 1.39 bits per heavy atom. The molecule has 0 aliphatic rings. The Bertz CT molecular complexity index is 513. The highest BCUT2D eigenvalue weighted by molar-refractivity contribution is 9.11. The van der Waals surface area contributed by atoms with Gasteiger partial charge in [0.15, 0.2) is 13.5 Å². The van der Waals surface area contributed by atoms with Crippen LogP contribution >= 0.6 is 15.9 Å². The lowest BCUT2D eigenvalue weighted by Crippen LogP contribution is -2.39. The molecule has 0 saturated carbocycles. The first-order chi connectivity index (χ1) is 8.28. The van der Waals surface area contributed by atoms with Gasteiger partial charge in [-0.15, -0.1) is 0 Å². The molecule has 3 nitrogen and oxygen atoms in total. The van der Waals surface area contributed by atoms with Crippen LogP contribution in [0.3, 0.4) is 0 Å². The highest BCUT2D eigenvalue weighted by Crippen LogP contribution is 2.42. The van der Waals surface area contributed by atoms with Crippen molar-refractivity contribution in [3.05, 3.63) is 35.4 Å². The summed E-state index contributed by atoms with van der Waals surface area (Å²) in [7, 11) is -3.40. The molecule has 0 amide bonds. The van der Waals surface area contributed by atoms with Crippen LogP contribution in [0.4, 0.5) is 0 Å². The van der Waals surface area contributed by atoms with Crippen LogP contribution in [0.1, 0.15) is 37.5 Å². The minimum Gasteiger partial charge on any atom is -0.386 e. The van der Waals surface area contributed by atoms with Crippen molar-refractivity contribution in [2.24, 2.45) is 0 Å². The second-order valence-electron chi connectivity index (χ2n) is 4.36. The van der Waals surface area contributed by atoms with E-state index in [-0.39, 0.29) is 5.75 Å². The molecule has 0 aliphatic carbocycles. The Kier molecular flexibility index (Phi) is 4.98. The number of aliphatic hydroxyl groups is 1. The third-order valence-corrected chi connectivity index (χ3v) is 7.93. The van der Waals surface area contributed by atoms with Gasteiger partial charge in [0.25, 0.3) is 0 Å². The van der Waals surface area contributed by atoms with E-state index in [9.17, 15) is 13.5 Å². The van der Waals surface area contributed by atoms with Gasteiger partial charge in [-0.2, -0.15) is 0 Å². The van der Waals surface area contributed by atoms with E-state index in [4.69, 9.17) is 0 Å². The van der Waals surface area contributed by atoms with Crippen LogP contribution in [0.2, 0.25) is 0 Å². The Morgan fingerprint density at radius 2 is 2.00 bits per heavy atom. The number of sulfone groups is 1. The van der Waals surface area contributed by atoms with Crippen LogP contribution < -0.4 is 0 Å². The van der Waals surface area contributed by atoms with Gasteiger partial charge in [-0.1, -0.05) is 59.6 Å². The van der Waals surface area contributed by atoms with E-state index in [1.165, 1.54) is 0 Å². The molecule has 0 aromatic heterocycles. The molecule has 2 atom stereocenters. The van der Waals surface area contributed by atoms with Gasteiger partial charge in [-0.25, -0.2) is 8.42 Å². The maximum absolute atomic E-state index is 12.1. The van der Waals surface area contributed by atoms with E-state index in [0.717, 1.165) is 5.56 Å². The zero-order valence-electron chi connectivity index (χ0n) is 10.9. The molecule has 0 aliphatic heterocycles. The number of aryl methyl sites for hydroxylation is 1. The first-order valence-corrected chi connectivity index (χ1v) is 8.39. The van der Waals surface area contributed by atoms with Gasteiger partial charge in [-0.3, -0.25) is 0 Å². The molecule has 0 radical (unpaired) electrons. The first-order valence-electron chi connectivity index (χ1n) is 5.94. The molecule has 0 spiro atoms. The molecule has 1 rings (SSSR count). The quantitative estimate of drug-likeness (QED) is 0.842. The number of benzene rings is 1. The molecular formula is C13H19BrO3S. The van der Waals surface area contributed by atoms with Gasteiger partial charge in [0.1, 0.15) is 6.10 Å². The van der Waals surface area contributed by atoms with E-state index in [0.29, 0.717) is 12.0 Å². The highest BCUT2D eigenvalue weighted by atomic mass is 79.9. The monoisotopic (exact) mass is 334 g/mol. The minimum atomic E-state index is -3.40. The van der Waals surface area contributed by atoms with E-state index in [1.807, 2.05) is 25.1 Å². The Hall–Kier alpha value is -0.390. The van der Waals surface area contributed by atoms with Crippen molar-refractivity contribution in [1.82, 2.24) is 0 Å². The van der Waals surface area contributed by atoms with E-state index < -0.39 is 19.6 Å². The predicted octanol–water partition coefficient (Wildman–Crippen LogP) is 2.96. The van der Waals surface area contributed by atoms with Crippen molar-refractivity contribution in [2.45, 2.75) is 37.0 Å². The van der Waals surface area contributed by atoms with Crippen molar-refractivity contribution >= 4 is 25.8 Å².